The van der Waals surface area contributed by atoms with Gasteiger partial charge in [0.15, 0.2) is 11.5 Å². The molecule has 1 amide bonds. The summed E-state index contributed by atoms with van der Waals surface area (Å²) in [4.78, 5) is 11.9. The molecule has 0 saturated heterocycles. The molecule has 0 aromatic heterocycles. The zero-order valence-corrected chi connectivity index (χ0v) is 10.5. The molecule has 5 heteroatoms. The number of aliphatic hydroxyl groups excluding tert-OH is 1. The average molecular weight is 251 g/mol. The minimum absolute atomic E-state index is 0.147. The number of carbonyl (C=O) groups is 1. The number of hydrogen-bond acceptors (Lipinski definition) is 4. The molecule has 1 atom stereocenters. The Morgan fingerprint density at radius 1 is 1.44 bits per heavy atom. The van der Waals surface area contributed by atoms with Crippen LogP contribution in [0.4, 0.5) is 5.69 Å². The van der Waals surface area contributed by atoms with Gasteiger partial charge in [0.25, 0.3) is 0 Å². The highest BCUT2D eigenvalue weighted by atomic mass is 16.7. The summed E-state index contributed by atoms with van der Waals surface area (Å²) in [5.41, 5.74) is 1.59. The molecule has 5 nitrogen and oxygen atoms in total. The first-order chi connectivity index (χ1) is 8.65. The highest BCUT2D eigenvalue weighted by molar-refractivity contribution is 5.93. The Hall–Kier alpha value is -1.75. The standard InChI is InChI=1S/C13H17NO4/c1-3-9(6-15)13(16)14-10-5-12-11(4-8(10)2)17-7-18-12/h4-5,9,15H,3,6-7H2,1-2H3,(H,14,16). The average Bonchev–Trinajstić information content (AvgIpc) is 2.78. The Kier molecular flexibility index (Phi) is 3.72. The fourth-order valence-electron chi connectivity index (χ4n) is 1.81. The lowest BCUT2D eigenvalue weighted by Crippen LogP contribution is -2.25. The minimum atomic E-state index is -0.380. The molecule has 2 N–H and O–H groups in total. The Labute approximate surface area is 106 Å². The van der Waals surface area contributed by atoms with Crippen molar-refractivity contribution in [3.8, 4) is 11.5 Å². The van der Waals surface area contributed by atoms with Crippen LogP contribution in [0.3, 0.4) is 0 Å². The number of benzene rings is 1. The number of aryl methyl sites for hydroxylation is 1. The maximum absolute atomic E-state index is 11.9. The molecule has 0 spiro atoms. The first kappa shape index (κ1) is 12.7. The van der Waals surface area contributed by atoms with Crippen LogP contribution >= 0.6 is 0 Å². The van der Waals surface area contributed by atoms with E-state index in [1.807, 2.05) is 19.9 Å². The molecule has 1 heterocycles. The molecule has 0 radical (unpaired) electrons. The Morgan fingerprint density at radius 2 is 2.11 bits per heavy atom. The number of hydrogen-bond donors (Lipinski definition) is 2. The van der Waals surface area contributed by atoms with Crippen LogP contribution in [0.5, 0.6) is 11.5 Å². The maximum Gasteiger partial charge on any atom is 0.231 e. The molecule has 1 aliphatic heterocycles. The summed E-state index contributed by atoms with van der Waals surface area (Å²) in [5.74, 6) is 0.768. The third-order valence-corrected chi connectivity index (χ3v) is 3.06. The molecule has 98 valence electrons. The summed E-state index contributed by atoms with van der Waals surface area (Å²) in [6, 6.07) is 3.58. The van der Waals surface area contributed by atoms with Gasteiger partial charge in [-0.3, -0.25) is 4.79 Å². The van der Waals surface area contributed by atoms with Crippen LogP contribution in [0.1, 0.15) is 18.9 Å². The fourth-order valence-corrected chi connectivity index (χ4v) is 1.81. The Bertz CT molecular complexity index is 455. The van der Waals surface area contributed by atoms with Gasteiger partial charge in [0, 0.05) is 11.8 Å². The fraction of sp³-hybridized carbons (Fsp3) is 0.462. The van der Waals surface area contributed by atoms with Crippen molar-refractivity contribution >= 4 is 11.6 Å². The monoisotopic (exact) mass is 251 g/mol. The molecule has 1 aliphatic rings. The van der Waals surface area contributed by atoms with Gasteiger partial charge in [0.1, 0.15) is 0 Å². The van der Waals surface area contributed by atoms with E-state index in [1.165, 1.54) is 0 Å². The van der Waals surface area contributed by atoms with Crippen LogP contribution in [0.25, 0.3) is 0 Å². The van der Waals surface area contributed by atoms with Gasteiger partial charge < -0.3 is 19.9 Å². The molecule has 0 bridgehead atoms. The Morgan fingerprint density at radius 3 is 2.72 bits per heavy atom. The SMILES string of the molecule is CCC(CO)C(=O)Nc1cc2c(cc1C)OCO2. The molecular formula is C13H17NO4. The second-order valence-electron chi connectivity index (χ2n) is 4.30. The van der Waals surface area contributed by atoms with E-state index >= 15 is 0 Å². The van der Waals surface area contributed by atoms with E-state index in [1.54, 1.807) is 6.07 Å². The van der Waals surface area contributed by atoms with Crippen LogP contribution in [0.15, 0.2) is 12.1 Å². The van der Waals surface area contributed by atoms with Gasteiger partial charge in [-0.2, -0.15) is 0 Å². The van der Waals surface area contributed by atoms with E-state index in [4.69, 9.17) is 14.6 Å². The van der Waals surface area contributed by atoms with E-state index in [0.717, 1.165) is 5.56 Å². The number of aliphatic hydroxyl groups is 1. The number of rotatable bonds is 4. The van der Waals surface area contributed by atoms with Crippen molar-refractivity contribution in [3.63, 3.8) is 0 Å². The third kappa shape index (κ3) is 2.41. The lowest BCUT2D eigenvalue weighted by molar-refractivity contribution is -0.121. The number of carbonyl (C=O) groups excluding carboxylic acids is 1. The predicted octanol–water partition coefficient (Wildman–Crippen LogP) is 1.68. The number of ether oxygens (including phenoxy) is 2. The van der Waals surface area contributed by atoms with Gasteiger partial charge in [0.2, 0.25) is 12.7 Å². The van der Waals surface area contributed by atoms with Crippen molar-refractivity contribution in [2.45, 2.75) is 20.3 Å². The van der Waals surface area contributed by atoms with Crippen molar-refractivity contribution in [3.05, 3.63) is 17.7 Å². The van der Waals surface area contributed by atoms with Crippen LogP contribution in [-0.2, 0) is 4.79 Å². The van der Waals surface area contributed by atoms with Crippen molar-refractivity contribution < 1.29 is 19.4 Å². The molecule has 0 saturated carbocycles. The van der Waals surface area contributed by atoms with Gasteiger partial charge in [-0.05, 0) is 25.0 Å². The van der Waals surface area contributed by atoms with Crippen molar-refractivity contribution in [2.75, 3.05) is 18.7 Å². The van der Waals surface area contributed by atoms with Crippen molar-refractivity contribution in [1.82, 2.24) is 0 Å². The number of fused-ring (bicyclic) bond motifs is 1. The summed E-state index contributed by atoms with van der Waals surface area (Å²) < 4.78 is 10.5. The first-order valence-corrected chi connectivity index (χ1v) is 5.97. The van der Waals surface area contributed by atoms with Gasteiger partial charge in [-0.1, -0.05) is 6.92 Å². The normalized spacial score (nSPS) is 14.4. The van der Waals surface area contributed by atoms with Crippen LogP contribution in [-0.4, -0.2) is 24.4 Å². The van der Waals surface area contributed by atoms with Crippen molar-refractivity contribution in [2.24, 2.45) is 5.92 Å². The quantitative estimate of drug-likeness (QED) is 0.854. The van der Waals surface area contributed by atoms with Gasteiger partial charge >= 0.3 is 0 Å². The molecule has 1 aromatic rings. The third-order valence-electron chi connectivity index (χ3n) is 3.06. The zero-order chi connectivity index (χ0) is 13.1. The van der Waals surface area contributed by atoms with E-state index in [-0.39, 0.29) is 25.2 Å². The second-order valence-corrected chi connectivity index (χ2v) is 4.30. The van der Waals surface area contributed by atoms with Crippen LogP contribution in [0, 0.1) is 12.8 Å². The summed E-state index contributed by atoms with van der Waals surface area (Å²) in [6.45, 7) is 3.82. The summed E-state index contributed by atoms with van der Waals surface area (Å²) in [6.07, 6.45) is 0.603. The number of nitrogens with one attached hydrogen (secondary N) is 1. The zero-order valence-electron chi connectivity index (χ0n) is 10.5. The van der Waals surface area contributed by atoms with Gasteiger partial charge in [-0.25, -0.2) is 0 Å². The molecule has 1 unspecified atom stereocenters. The topological polar surface area (TPSA) is 67.8 Å². The highest BCUT2D eigenvalue weighted by Gasteiger charge is 2.19. The van der Waals surface area contributed by atoms with E-state index in [2.05, 4.69) is 5.32 Å². The summed E-state index contributed by atoms with van der Waals surface area (Å²) in [7, 11) is 0. The highest BCUT2D eigenvalue weighted by Crippen LogP contribution is 2.36. The second kappa shape index (κ2) is 5.27. The van der Waals surface area contributed by atoms with E-state index < -0.39 is 0 Å². The Balaban J connectivity index is 2.17. The molecule has 1 aromatic carbocycles. The lowest BCUT2D eigenvalue weighted by Gasteiger charge is -2.14. The van der Waals surface area contributed by atoms with Crippen LogP contribution < -0.4 is 14.8 Å². The summed E-state index contributed by atoms with van der Waals surface area (Å²) in [5, 5.41) is 11.9. The number of amides is 1. The molecule has 0 aliphatic carbocycles. The molecule has 2 rings (SSSR count). The van der Waals surface area contributed by atoms with E-state index in [0.29, 0.717) is 23.6 Å². The summed E-state index contributed by atoms with van der Waals surface area (Å²) >= 11 is 0. The molecule has 0 fully saturated rings. The predicted molar refractivity (Wildman–Crippen MR) is 66.8 cm³/mol. The van der Waals surface area contributed by atoms with Gasteiger partial charge in [-0.15, -0.1) is 0 Å². The molecule has 18 heavy (non-hydrogen) atoms. The molecular weight excluding hydrogens is 234 g/mol. The van der Waals surface area contributed by atoms with Crippen LogP contribution in [0.2, 0.25) is 0 Å². The first-order valence-electron chi connectivity index (χ1n) is 5.97. The van der Waals surface area contributed by atoms with E-state index in [9.17, 15) is 4.79 Å². The minimum Gasteiger partial charge on any atom is -0.454 e. The maximum atomic E-state index is 11.9. The smallest absolute Gasteiger partial charge is 0.231 e. The number of anilines is 1. The van der Waals surface area contributed by atoms with Gasteiger partial charge in [0.05, 0.1) is 12.5 Å². The van der Waals surface area contributed by atoms with Crippen molar-refractivity contribution in [1.29, 1.82) is 0 Å². The largest absolute Gasteiger partial charge is 0.454 e. The lowest BCUT2D eigenvalue weighted by atomic mass is 10.1.